The van der Waals surface area contributed by atoms with Gasteiger partial charge in [0.1, 0.15) is 5.82 Å². The van der Waals surface area contributed by atoms with Crippen LogP contribution in [0.4, 0.5) is 10.1 Å². The van der Waals surface area contributed by atoms with Gasteiger partial charge in [0.2, 0.25) is 0 Å². The molecule has 1 heterocycles. The summed E-state index contributed by atoms with van der Waals surface area (Å²) >= 11 is 5.60. The van der Waals surface area contributed by atoms with Crippen LogP contribution < -0.4 is 5.32 Å². The van der Waals surface area contributed by atoms with Crippen LogP contribution in [0.1, 0.15) is 10.4 Å². The number of H-pyrrole nitrogens is 1. The standard InChI is InChI=1S/C15H10ClFN2O/c16-12-5-4-10(8-13(12)17)19-15(20)11-3-1-2-9-6-7-18-14(9)11/h1-8,18H,(H,19,20). The summed E-state index contributed by atoms with van der Waals surface area (Å²) < 4.78 is 13.3. The number of hydrogen-bond donors (Lipinski definition) is 2. The van der Waals surface area contributed by atoms with Crippen molar-refractivity contribution in [3.63, 3.8) is 0 Å². The summed E-state index contributed by atoms with van der Waals surface area (Å²) in [5.74, 6) is -0.873. The van der Waals surface area contributed by atoms with Crippen molar-refractivity contribution >= 4 is 34.1 Å². The molecule has 0 spiro atoms. The Kier molecular flexibility index (Phi) is 3.16. The summed E-state index contributed by atoms with van der Waals surface area (Å²) in [4.78, 5) is 15.3. The fraction of sp³-hybridized carbons (Fsp3) is 0. The monoisotopic (exact) mass is 288 g/mol. The van der Waals surface area contributed by atoms with Crippen molar-refractivity contribution in [3.8, 4) is 0 Å². The van der Waals surface area contributed by atoms with Gasteiger partial charge in [-0.15, -0.1) is 0 Å². The van der Waals surface area contributed by atoms with E-state index in [1.807, 2.05) is 12.1 Å². The normalized spacial score (nSPS) is 10.7. The number of anilines is 1. The maximum atomic E-state index is 13.3. The molecule has 20 heavy (non-hydrogen) atoms. The van der Waals surface area contributed by atoms with E-state index in [0.717, 1.165) is 10.9 Å². The smallest absolute Gasteiger partial charge is 0.257 e. The quantitative estimate of drug-likeness (QED) is 0.729. The van der Waals surface area contributed by atoms with Crippen LogP contribution in [0.5, 0.6) is 0 Å². The zero-order valence-electron chi connectivity index (χ0n) is 10.3. The number of aromatic nitrogens is 1. The zero-order valence-corrected chi connectivity index (χ0v) is 11.0. The molecule has 0 saturated carbocycles. The summed E-state index contributed by atoms with van der Waals surface area (Å²) in [5.41, 5.74) is 1.61. The Bertz CT molecular complexity index is 797. The number of aromatic amines is 1. The van der Waals surface area contributed by atoms with Gasteiger partial charge in [-0.1, -0.05) is 23.7 Å². The second-order valence-corrected chi connectivity index (χ2v) is 4.74. The van der Waals surface area contributed by atoms with E-state index in [0.29, 0.717) is 11.3 Å². The first-order chi connectivity index (χ1) is 9.65. The van der Waals surface area contributed by atoms with E-state index in [-0.39, 0.29) is 10.9 Å². The van der Waals surface area contributed by atoms with Crippen LogP contribution in [0.3, 0.4) is 0 Å². The van der Waals surface area contributed by atoms with Gasteiger partial charge in [-0.25, -0.2) is 4.39 Å². The van der Waals surface area contributed by atoms with Gasteiger partial charge in [0, 0.05) is 17.3 Å². The van der Waals surface area contributed by atoms with Crippen LogP contribution in [-0.2, 0) is 0 Å². The molecule has 3 aromatic rings. The molecule has 0 atom stereocenters. The minimum Gasteiger partial charge on any atom is -0.361 e. The molecule has 0 bridgehead atoms. The van der Waals surface area contributed by atoms with Crippen molar-refractivity contribution in [2.24, 2.45) is 0 Å². The minimum atomic E-state index is -0.567. The molecule has 0 aliphatic heterocycles. The lowest BCUT2D eigenvalue weighted by atomic mass is 10.1. The van der Waals surface area contributed by atoms with E-state index in [4.69, 9.17) is 11.6 Å². The molecule has 0 radical (unpaired) electrons. The van der Waals surface area contributed by atoms with Crippen LogP contribution in [0.15, 0.2) is 48.7 Å². The second kappa shape index (κ2) is 4.98. The Morgan fingerprint density at radius 2 is 2.05 bits per heavy atom. The molecule has 1 amide bonds. The number of carbonyl (C=O) groups is 1. The Hall–Kier alpha value is -2.33. The van der Waals surface area contributed by atoms with Gasteiger partial charge in [0.15, 0.2) is 0 Å². The van der Waals surface area contributed by atoms with Gasteiger partial charge in [0.05, 0.1) is 16.1 Å². The Morgan fingerprint density at radius 3 is 2.85 bits per heavy atom. The third-order valence-corrected chi connectivity index (χ3v) is 3.32. The molecule has 0 unspecified atom stereocenters. The maximum Gasteiger partial charge on any atom is 0.257 e. The van der Waals surface area contributed by atoms with Gasteiger partial charge < -0.3 is 10.3 Å². The van der Waals surface area contributed by atoms with Gasteiger partial charge in [0.25, 0.3) is 5.91 Å². The van der Waals surface area contributed by atoms with E-state index < -0.39 is 5.82 Å². The highest BCUT2D eigenvalue weighted by Gasteiger charge is 2.11. The summed E-state index contributed by atoms with van der Waals surface area (Å²) in [7, 11) is 0. The van der Waals surface area contributed by atoms with Crippen molar-refractivity contribution in [2.75, 3.05) is 5.32 Å². The number of benzene rings is 2. The molecule has 0 aliphatic rings. The lowest BCUT2D eigenvalue weighted by Gasteiger charge is -2.07. The third-order valence-electron chi connectivity index (χ3n) is 3.01. The average Bonchev–Trinajstić information content (AvgIpc) is 2.91. The first kappa shape index (κ1) is 12.7. The predicted octanol–water partition coefficient (Wildman–Crippen LogP) is 4.21. The number of halogens is 2. The molecule has 0 fully saturated rings. The highest BCUT2D eigenvalue weighted by Crippen LogP contribution is 2.21. The highest BCUT2D eigenvalue weighted by molar-refractivity contribution is 6.30. The van der Waals surface area contributed by atoms with E-state index in [1.165, 1.54) is 12.1 Å². The largest absolute Gasteiger partial charge is 0.361 e. The molecular formula is C15H10ClFN2O. The Morgan fingerprint density at radius 1 is 1.20 bits per heavy atom. The molecule has 5 heteroatoms. The SMILES string of the molecule is O=C(Nc1ccc(Cl)c(F)c1)c1cccc2cc[nH]c12. The van der Waals surface area contributed by atoms with E-state index in [9.17, 15) is 9.18 Å². The van der Waals surface area contributed by atoms with Crippen molar-refractivity contribution in [1.82, 2.24) is 4.98 Å². The number of hydrogen-bond acceptors (Lipinski definition) is 1. The van der Waals surface area contributed by atoms with E-state index >= 15 is 0 Å². The molecule has 1 aromatic heterocycles. The van der Waals surface area contributed by atoms with Crippen LogP contribution in [0.2, 0.25) is 5.02 Å². The van der Waals surface area contributed by atoms with Crippen LogP contribution >= 0.6 is 11.6 Å². The van der Waals surface area contributed by atoms with E-state index in [1.54, 1.807) is 24.4 Å². The third kappa shape index (κ3) is 2.26. The molecule has 0 saturated heterocycles. The predicted molar refractivity (Wildman–Crippen MR) is 77.7 cm³/mol. The van der Waals surface area contributed by atoms with Crippen LogP contribution in [0, 0.1) is 5.82 Å². The molecule has 100 valence electrons. The lowest BCUT2D eigenvalue weighted by molar-refractivity contribution is 0.102. The van der Waals surface area contributed by atoms with Crippen LogP contribution in [0.25, 0.3) is 10.9 Å². The summed E-state index contributed by atoms with van der Waals surface area (Å²) in [5, 5.41) is 3.62. The average molecular weight is 289 g/mol. The maximum absolute atomic E-state index is 13.3. The Labute approximate surface area is 119 Å². The van der Waals surface area contributed by atoms with Gasteiger partial charge in [-0.3, -0.25) is 4.79 Å². The van der Waals surface area contributed by atoms with Crippen molar-refractivity contribution in [2.45, 2.75) is 0 Å². The first-order valence-electron chi connectivity index (χ1n) is 5.97. The van der Waals surface area contributed by atoms with Crippen molar-refractivity contribution in [1.29, 1.82) is 0 Å². The fourth-order valence-corrected chi connectivity index (χ4v) is 2.16. The van der Waals surface area contributed by atoms with Gasteiger partial charge >= 0.3 is 0 Å². The molecule has 3 nitrogen and oxygen atoms in total. The number of rotatable bonds is 2. The highest BCUT2D eigenvalue weighted by atomic mass is 35.5. The molecule has 3 rings (SSSR count). The van der Waals surface area contributed by atoms with Crippen molar-refractivity contribution < 1.29 is 9.18 Å². The number of para-hydroxylation sites is 1. The number of fused-ring (bicyclic) bond motifs is 1. The van der Waals surface area contributed by atoms with Gasteiger partial charge in [-0.05, 0) is 30.3 Å². The topological polar surface area (TPSA) is 44.9 Å². The Balaban J connectivity index is 1.93. The molecule has 0 aliphatic carbocycles. The minimum absolute atomic E-state index is 0.0227. The number of carbonyl (C=O) groups excluding carboxylic acids is 1. The summed E-state index contributed by atoms with van der Waals surface area (Å²) in [6, 6.07) is 11.4. The zero-order chi connectivity index (χ0) is 14.1. The lowest BCUT2D eigenvalue weighted by Crippen LogP contribution is -2.12. The number of nitrogens with one attached hydrogen (secondary N) is 2. The summed E-state index contributed by atoms with van der Waals surface area (Å²) in [6.45, 7) is 0. The fourth-order valence-electron chi connectivity index (χ4n) is 2.05. The summed E-state index contributed by atoms with van der Waals surface area (Å²) in [6.07, 6.45) is 1.77. The van der Waals surface area contributed by atoms with E-state index in [2.05, 4.69) is 10.3 Å². The first-order valence-corrected chi connectivity index (χ1v) is 6.35. The van der Waals surface area contributed by atoms with Crippen LogP contribution in [-0.4, -0.2) is 10.9 Å². The van der Waals surface area contributed by atoms with Gasteiger partial charge in [-0.2, -0.15) is 0 Å². The molecule has 2 aromatic carbocycles. The number of amides is 1. The molecular weight excluding hydrogens is 279 g/mol. The second-order valence-electron chi connectivity index (χ2n) is 4.33. The van der Waals surface area contributed by atoms with Crippen molar-refractivity contribution in [3.05, 3.63) is 65.1 Å². The molecule has 2 N–H and O–H groups in total.